The van der Waals surface area contributed by atoms with Crippen LogP contribution in [-0.2, 0) is 17.8 Å². The number of benzene rings is 3. The number of aryl methyl sites for hydroxylation is 1. The predicted molar refractivity (Wildman–Crippen MR) is 155 cm³/mol. The summed E-state index contributed by atoms with van der Waals surface area (Å²) in [5.41, 5.74) is 2.84. The molecule has 3 aromatic carbocycles. The molecule has 0 spiro atoms. The molecule has 0 unspecified atom stereocenters. The maximum Gasteiger partial charge on any atom is 0.251 e. The maximum absolute atomic E-state index is 14.3. The number of para-hydroxylation sites is 1. The van der Waals surface area contributed by atoms with E-state index in [2.05, 4.69) is 4.98 Å². The molecule has 0 aliphatic carbocycles. The number of carbonyl (C=O) groups excluding carboxylic acids is 2. The van der Waals surface area contributed by atoms with Crippen molar-refractivity contribution in [1.82, 2.24) is 9.55 Å². The molecular formula is C34H27F3N2O3. The minimum absolute atomic E-state index is 0.0642. The smallest absolute Gasteiger partial charge is 0.251 e. The van der Waals surface area contributed by atoms with Crippen LogP contribution >= 0.6 is 0 Å². The van der Waals surface area contributed by atoms with Gasteiger partial charge in [0, 0.05) is 41.6 Å². The van der Waals surface area contributed by atoms with Crippen molar-refractivity contribution in [2.45, 2.75) is 39.2 Å². The van der Waals surface area contributed by atoms with Gasteiger partial charge >= 0.3 is 0 Å². The van der Waals surface area contributed by atoms with Gasteiger partial charge in [-0.3, -0.25) is 19.4 Å². The highest BCUT2D eigenvalue weighted by atomic mass is 19.1. The number of hydrogen-bond acceptors (Lipinski definition) is 4. The zero-order chi connectivity index (χ0) is 30.0. The summed E-state index contributed by atoms with van der Waals surface area (Å²) < 4.78 is 44.0. The van der Waals surface area contributed by atoms with Gasteiger partial charge in [-0.15, -0.1) is 0 Å². The van der Waals surface area contributed by atoms with Gasteiger partial charge in [-0.1, -0.05) is 30.3 Å². The summed E-state index contributed by atoms with van der Waals surface area (Å²) in [7, 11) is 0. The van der Waals surface area contributed by atoms with Crippen molar-refractivity contribution in [3.8, 4) is 11.1 Å². The van der Waals surface area contributed by atoms with E-state index >= 15 is 0 Å². The zero-order valence-corrected chi connectivity index (χ0v) is 23.0. The lowest BCUT2D eigenvalue weighted by Gasteiger charge is -2.20. The van der Waals surface area contributed by atoms with E-state index in [1.54, 1.807) is 24.3 Å². The average Bonchev–Trinajstić information content (AvgIpc) is 2.94. The van der Waals surface area contributed by atoms with Crippen LogP contribution in [0.2, 0.25) is 0 Å². The second-order valence-electron chi connectivity index (χ2n) is 10.4. The summed E-state index contributed by atoms with van der Waals surface area (Å²) in [6.45, 7) is 2.89. The number of halogens is 3. The lowest BCUT2D eigenvalue weighted by molar-refractivity contribution is -0.120. The van der Waals surface area contributed by atoms with Gasteiger partial charge in [0.15, 0.2) is 11.6 Å². The number of rotatable bonds is 9. The molecule has 212 valence electrons. The van der Waals surface area contributed by atoms with E-state index in [0.717, 1.165) is 17.0 Å². The topological polar surface area (TPSA) is 69.0 Å². The number of aromatic nitrogens is 2. The standard InChI is InChI=1S/C34H27F3N2O3/c1-20-12-33(42)39(32-8-4-3-6-28(20)32)19-27(41)16-24(13-22-14-25(35)18-26(36)15-22)34-29(7-5-11-38-34)23-9-10-31(37)30(17-23)21(2)40/h3-12,14-15,17-18,24H,13,16,19H2,1-2H3/t24-/m1/s1. The highest BCUT2D eigenvalue weighted by molar-refractivity contribution is 5.95. The lowest BCUT2D eigenvalue weighted by Crippen LogP contribution is -2.26. The fourth-order valence-electron chi connectivity index (χ4n) is 5.41. The Labute approximate surface area is 240 Å². The second-order valence-corrected chi connectivity index (χ2v) is 10.4. The molecule has 0 bridgehead atoms. The Morgan fingerprint density at radius 2 is 1.64 bits per heavy atom. The molecule has 0 amide bonds. The molecular weight excluding hydrogens is 541 g/mol. The van der Waals surface area contributed by atoms with E-state index in [0.29, 0.717) is 27.9 Å². The van der Waals surface area contributed by atoms with Gasteiger partial charge in [-0.05, 0) is 73.4 Å². The molecule has 0 saturated carbocycles. The van der Waals surface area contributed by atoms with Crippen LogP contribution in [0.5, 0.6) is 0 Å². The van der Waals surface area contributed by atoms with Gasteiger partial charge < -0.3 is 4.57 Å². The van der Waals surface area contributed by atoms with Crippen molar-refractivity contribution in [2.75, 3.05) is 0 Å². The van der Waals surface area contributed by atoms with Crippen LogP contribution in [0.3, 0.4) is 0 Å². The van der Waals surface area contributed by atoms with Crippen LogP contribution in [0.25, 0.3) is 22.0 Å². The molecule has 0 aliphatic rings. The number of carbonyl (C=O) groups is 2. The quantitative estimate of drug-likeness (QED) is 0.180. The lowest BCUT2D eigenvalue weighted by atomic mass is 9.86. The van der Waals surface area contributed by atoms with Gasteiger partial charge in [-0.2, -0.15) is 0 Å². The van der Waals surface area contributed by atoms with Crippen molar-refractivity contribution >= 4 is 22.5 Å². The van der Waals surface area contributed by atoms with E-state index in [1.807, 2.05) is 19.1 Å². The van der Waals surface area contributed by atoms with Gasteiger partial charge in [0.25, 0.3) is 5.56 Å². The van der Waals surface area contributed by atoms with Crippen LogP contribution in [0.15, 0.2) is 89.9 Å². The summed E-state index contributed by atoms with van der Waals surface area (Å²) in [5, 5.41) is 0.848. The van der Waals surface area contributed by atoms with Crippen LogP contribution in [0.4, 0.5) is 13.2 Å². The molecule has 8 heteroatoms. The molecule has 2 heterocycles. The maximum atomic E-state index is 14.3. The summed E-state index contributed by atoms with van der Waals surface area (Å²) in [5.74, 6) is -3.55. The summed E-state index contributed by atoms with van der Waals surface area (Å²) in [6, 6.07) is 19.5. The fraction of sp³-hybridized carbons (Fsp3) is 0.176. The number of nitrogens with zero attached hydrogens (tertiary/aromatic N) is 2. The van der Waals surface area contributed by atoms with E-state index in [1.165, 1.54) is 54.1 Å². The van der Waals surface area contributed by atoms with E-state index < -0.39 is 29.2 Å². The number of ketones is 2. The third-order valence-electron chi connectivity index (χ3n) is 7.32. The molecule has 5 nitrogen and oxygen atoms in total. The van der Waals surface area contributed by atoms with Crippen molar-refractivity contribution in [3.63, 3.8) is 0 Å². The molecule has 0 radical (unpaired) electrons. The van der Waals surface area contributed by atoms with Crippen LogP contribution in [0.1, 0.15) is 46.4 Å². The molecule has 42 heavy (non-hydrogen) atoms. The average molecular weight is 569 g/mol. The Kier molecular flexibility index (Phi) is 8.15. The molecule has 5 rings (SSSR count). The van der Waals surface area contributed by atoms with Crippen molar-refractivity contribution in [3.05, 3.63) is 135 Å². The molecule has 2 aromatic heterocycles. The Balaban J connectivity index is 1.56. The second kappa shape index (κ2) is 11.9. The van der Waals surface area contributed by atoms with Crippen LogP contribution in [-0.4, -0.2) is 21.1 Å². The largest absolute Gasteiger partial charge is 0.301 e. The molecule has 0 fully saturated rings. The fourth-order valence-corrected chi connectivity index (χ4v) is 5.41. The SMILES string of the molecule is CC(=O)c1cc(-c2cccnc2[C@@H](CC(=O)Cn2c(=O)cc(C)c3ccccc32)Cc2cc(F)cc(F)c2)ccc1F. The van der Waals surface area contributed by atoms with E-state index in [-0.39, 0.29) is 36.3 Å². The first kappa shape index (κ1) is 28.7. The Morgan fingerprint density at radius 1 is 0.905 bits per heavy atom. The number of pyridine rings is 2. The highest BCUT2D eigenvalue weighted by Gasteiger charge is 2.24. The number of Topliss-reactive ketones (excluding diaryl/α,β-unsaturated/α-hetero) is 2. The number of hydrogen-bond donors (Lipinski definition) is 0. The number of fused-ring (bicyclic) bond motifs is 1. The summed E-state index contributed by atoms with van der Waals surface area (Å²) >= 11 is 0. The zero-order valence-electron chi connectivity index (χ0n) is 23.0. The Hall–Kier alpha value is -4.85. The van der Waals surface area contributed by atoms with Crippen molar-refractivity contribution in [1.29, 1.82) is 0 Å². The minimum Gasteiger partial charge on any atom is -0.301 e. The van der Waals surface area contributed by atoms with E-state index in [9.17, 15) is 27.6 Å². The van der Waals surface area contributed by atoms with Crippen LogP contribution < -0.4 is 5.56 Å². The molecule has 0 saturated heterocycles. The summed E-state index contributed by atoms with van der Waals surface area (Å²) in [6.07, 6.45) is 1.50. The first-order valence-corrected chi connectivity index (χ1v) is 13.4. The van der Waals surface area contributed by atoms with Gasteiger partial charge in [0.2, 0.25) is 0 Å². The minimum atomic E-state index is -0.751. The molecule has 5 aromatic rings. The first-order chi connectivity index (χ1) is 20.1. The van der Waals surface area contributed by atoms with Gasteiger partial charge in [-0.25, -0.2) is 13.2 Å². The van der Waals surface area contributed by atoms with Crippen LogP contribution in [0, 0.1) is 24.4 Å². The van der Waals surface area contributed by atoms with Crippen molar-refractivity contribution < 1.29 is 22.8 Å². The van der Waals surface area contributed by atoms with Crippen molar-refractivity contribution in [2.24, 2.45) is 0 Å². The first-order valence-electron chi connectivity index (χ1n) is 13.4. The Bertz CT molecular complexity index is 1880. The summed E-state index contributed by atoms with van der Waals surface area (Å²) in [4.78, 5) is 43.1. The normalized spacial score (nSPS) is 11.9. The third-order valence-corrected chi connectivity index (χ3v) is 7.32. The molecule has 0 N–H and O–H groups in total. The Morgan fingerprint density at radius 3 is 2.38 bits per heavy atom. The van der Waals surface area contributed by atoms with Gasteiger partial charge in [0.05, 0.1) is 23.3 Å². The third kappa shape index (κ3) is 6.07. The van der Waals surface area contributed by atoms with Gasteiger partial charge in [0.1, 0.15) is 17.5 Å². The molecule has 0 aliphatic heterocycles. The van der Waals surface area contributed by atoms with E-state index in [4.69, 9.17) is 0 Å². The highest BCUT2D eigenvalue weighted by Crippen LogP contribution is 2.33. The predicted octanol–water partition coefficient (Wildman–Crippen LogP) is 6.98. The monoisotopic (exact) mass is 568 g/mol. The molecule has 1 atom stereocenters.